The molecular weight excluding hydrogens is 330 g/mol. The van der Waals surface area contributed by atoms with E-state index in [-0.39, 0.29) is 11.8 Å². The molecule has 0 aliphatic rings. The zero-order valence-corrected chi connectivity index (χ0v) is 15.1. The number of carbonyl (C=O) groups is 1. The number of anilines is 1. The summed E-state index contributed by atoms with van der Waals surface area (Å²) in [7, 11) is 3.54. The smallest absolute Gasteiger partial charge is 0.261 e. The van der Waals surface area contributed by atoms with Crippen molar-refractivity contribution in [3.05, 3.63) is 22.1 Å². The van der Waals surface area contributed by atoms with Gasteiger partial charge in [-0.2, -0.15) is 15.3 Å². The van der Waals surface area contributed by atoms with E-state index in [1.54, 1.807) is 11.7 Å². The molecule has 0 aliphatic heterocycles. The van der Waals surface area contributed by atoms with Crippen LogP contribution in [0.2, 0.25) is 5.15 Å². The first-order chi connectivity index (χ1) is 11.3. The third-order valence-corrected chi connectivity index (χ3v) is 4.40. The van der Waals surface area contributed by atoms with Crippen LogP contribution in [0.25, 0.3) is 11.0 Å². The minimum Gasteiger partial charge on any atom is -0.306 e. The van der Waals surface area contributed by atoms with Gasteiger partial charge in [-0.25, -0.2) is 4.68 Å². The molecule has 2 N–H and O–H groups in total. The lowest BCUT2D eigenvalue weighted by Gasteiger charge is -2.06. The number of fused-ring (bicyclic) bond motifs is 1. The second-order valence-corrected chi connectivity index (χ2v) is 6.36. The summed E-state index contributed by atoms with van der Waals surface area (Å²) in [6, 6.07) is 0. The van der Waals surface area contributed by atoms with Gasteiger partial charge in [0, 0.05) is 14.1 Å². The SMILES string of the molecule is CCc1nn(C)c2n[nH]c(NC(=O)c3c(C(C)C)nn(C)c3Cl)c12. The molecule has 9 heteroatoms. The van der Waals surface area contributed by atoms with Crippen LogP contribution in [-0.2, 0) is 20.5 Å². The van der Waals surface area contributed by atoms with Crippen molar-refractivity contribution < 1.29 is 4.79 Å². The molecule has 0 aliphatic carbocycles. The van der Waals surface area contributed by atoms with E-state index in [0.717, 1.165) is 17.5 Å². The van der Waals surface area contributed by atoms with Gasteiger partial charge in [0.1, 0.15) is 16.5 Å². The highest BCUT2D eigenvalue weighted by molar-refractivity contribution is 6.33. The Morgan fingerprint density at radius 3 is 2.62 bits per heavy atom. The van der Waals surface area contributed by atoms with Gasteiger partial charge in [0.25, 0.3) is 5.91 Å². The van der Waals surface area contributed by atoms with Crippen LogP contribution < -0.4 is 5.32 Å². The average molecular weight is 350 g/mol. The average Bonchev–Trinajstić information content (AvgIpc) is 3.16. The Hall–Kier alpha value is -2.35. The van der Waals surface area contributed by atoms with Crippen LogP contribution in [-0.4, -0.2) is 35.7 Å². The number of aromatic nitrogens is 6. The standard InChI is InChI=1S/C15H20ClN7O/c1-6-8-9-13(18-19-14(9)23(5)20-8)17-15(24)10-11(7(2)3)21-22(4)12(10)16/h7H,6H2,1-5H3,(H2,17,18,19,24). The van der Waals surface area contributed by atoms with Gasteiger partial charge in [0.2, 0.25) is 0 Å². The maximum Gasteiger partial charge on any atom is 0.261 e. The third-order valence-electron chi connectivity index (χ3n) is 3.96. The Balaban J connectivity index is 2.02. The van der Waals surface area contributed by atoms with E-state index in [1.165, 1.54) is 4.68 Å². The van der Waals surface area contributed by atoms with Gasteiger partial charge >= 0.3 is 0 Å². The molecule has 3 rings (SSSR count). The first kappa shape index (κ1) is 16.5. The molecule has 0 radical (unpaired) electrons. The van der Waals surface area contributed by atoms with E-state index in [2.05, 4.69) is 25.7 Å². The van der Waals surface area contributed by atoms with Crippen LogP contribution in [0.5, 0.6) is 0 Å². The molecule has 3 aromatic rings. The van der Waals surface area contributed by atoms with Crippen molar-refractivity contribution in [2.45, 2.75) is 33.1 Å². The summed E-state index contributed by atoms with van der Waals surface area (Å²) in [5.74, 6) is 0.290. The molecule has 0 saturated carbocycles. The lowest BCUT2D eigenvalue weighted by molar-refractivity contribution is 0.102. The number of hydrogen-bond donors (Lipinski definition) is 2. The van der Waals surface area contributed by atoms with Gasteiger partial charge in [0.05, 0.1) is 16.8 Å². The molecule has 0 bridgehead atoms. The van der Waals surface area contributed by atoms with Crippen molar-refractivity contribution in [1.82, 2.24) is 29.8 Å². The predicted octanol–water partition coefficient (Wildman–Crippen LogP) is 2.62. The normalized spacial score (nSPS) is 11.6. The fraction of sp³-hybridized carbons (Fsp3) is 0.467. The van der Waals surface area contributed by atoms with Gasteiger partial charge in [0.15, 0.2) is 5.65 Å². The Morgan fingerprint density at radius 2 is 2.00 bits per heavy atom. The Labute approximate surface area is 144 Å². The minimum absolute atomic E-state index is 0.0795. The number of nitrogens with zero attached hydrogens (tertiary/aromatic N) is 5. The maximum atomic E-state index is 12.8. The molecule has 1 amide bonds. The third kappa shape index (κ3) is 2.47. The number of hydrogen-bond acceptors (Lipinski definition) is 4. The van der Waals surface area contributed by atoms with Crippen LogP contribution in [0.15, 0.2) is 0 Å². The number of aromatic amines is 1. The quantitative estimate of drug-likeness (QED) is 0.757. The highest BCUT2D eigenvalue weighted by Gasteiger charge is 2.25. The summed E-state index contributed by atoms with van der Waals surface area (Å²) in [4.78, 5) is 12.8. The van der Waals surface area contributed by atoms with Crippen LogP contribution in [0.1, 0.15) is 48.4 Å². The Morgan fingerprint density at radius 1 is 1.29 bits per heavy atom. The topological polar surface area (TPSA) is 93.4 Å². The van der Waals surface area contributed by atoms with E-state index < -0.39 is 0 Å². The summed E-state index contributed by atoms with van der Waals surface area (Å²) in [6.45, 7) is 5.95. The summed E-state index contributed by atoms with van der Waals surface area (Å²) in [5, 5.41) is 19.9. The summed E-state index contributed by atoms with van der Waals surface area (Å²) >= 11 is 6.27. The van der Waals surface area contributed by atoms with Gasteiger partial charge in [-0.05, 0) is 12.3 Å². The predicted molar refractivity (Wildman–Crippen MR) is 92.5 cm³/mol. The van der Waals surface area contributed by atoms with E-state index in [0.29, 0.717) is 27.9 Å². The zero-order chi connectivity index (χ0) is 17.6. The van der Waals surface area contributed by atoms with Crippen molar-refractivity contribution in [2.24, 2.45) is 14.1 Å². The first-order valence-electron chi connectivity index (χ1n) is 7.78. The zero-order valence-electron chi connectivity index (χ0n) is 14.3. The van der Waals surface area contributed by atoms with E-state index >= 15 is 0 Å². The molecule has 3 heterocycles. The summed E-state index contributed by atoms with van der Waals surface area (Å²) < 4.78 is 3.20. The maximum absolute atomic E-state index is 12.8. The molecule has 0 unspecified atom stereocenters. The lowest BCUT2D eigenvalue weighted by Crippen LogP contribution is -2.15. The van der Waals surface area contributed by atoms with Crippen molar-refractivity contribution in [1.29, 1.82) is 0 Å². The largest absolute Gasteiger partial charge is 0.306 e. The van der Waals surface area contributed by atoms with Crippen molar-refractivity contribution in [3.8, 4) is 0 Å². The molecule has 0 spiro atoms. The Bertz CT molecular complexity index is 918. The molecule has 0 fully saturated rings. The van der Waals surface area contributed by atoms with Gasteiger partial charge in [-0.15, -0.1) is 0 Å². The lowest BCUT2D eigenvalue weighted by atomic mass is 10.1. The van der Waals surface area contributed by atoms with E-state index in [9.17, 15) is 4.79 Å². The molecule has 3 aromatic heterocycles. The van der Waals surface area contributed by atoms with Crippen LogP contribution in [0.4, 0.5) is 5.82 Å². The molecular formula is C15H20ClN7O. The first-order valence-corrected chi connectivity index (χ1v) is 8.16. The van der Waals surface area contributed by atoms with Gasteiger partial charge in [-0.3, -0.25) is 14.6 Å². The monoisotopic (exact) mass is 349 g/mol. The number of halogens is 1. The van der Waals surface area contributed by atoms with Crippen LogP contribution in [0.3, 0.4) is 0 Å². The number of nitrogens with one attached hydrogen (secondary N) is 2. The fourth-order valence-corrected chi connectivity index (χ4v) is 2.99. The minimum atomic E-state index is -0.312. The second-order valence-electron chi connectivity index (χ2n) is 6.00. The number of amides is 1. The second kappa shape index (κ2) is 5.94. The summed E-state index contributed by atoms with van der Waals surface area (Å²) in [6.07, 6.45) is 0.741. The van der Waals surface area contributed by atoms with Gasteiger partial charge < -0.3 is 5.32 Å². The molecule has 24 heavy (non-hydrogen) atoms. The highest BCUT2D eigenvalue weighted by atomic mass is 35.5. The van der Waals surface area contributed by atoms with Crippen LogP contribution in [0, 0.1) is 0 Å². The van der Waals surface area contributed by atoms with Crippen LogP contribution >= 0.6 is 11.6 Å². The number of rotatable bonds is 4. The molecule has 128 valence electrons. The Kier molecular flexibility index (Phi) is 4.08. The number of H-pyrrole nitrogens is 1. The fourth-order valence-electron chi connectivity index (χ4n) is 2.77. The summed E-state index contributed by atoms with van der Waals surface area (Å²) in [5.41, 5.74) is 2.62. The van der Waals surface area contributed by atoms with Crippen molar-refractivity contribution in [3.63, 3.8) is 0 Å². The molecule has 8 nitrogen and oxygen atoms in total. The van der Waals surface area contributed by atoms with E-state index in [4.69, 9.17) is 11.6 Å². The van der Waals surface area contributed by atoms with E-state index in [1.807, 2.05) is 27.8 Å². The van der Waals surface area contributed by atoms with Crippen molar-refractivity contribution >= 4 is 34.4 Å². The highest BCUT2D eigenvalue weighted by Crippen LogP contribution is 2.28. The molecule has 0 atom stereocenters. The molecule has 0 saturated heterocycles. The molecule has 0 aromatic carbocycles. The van der Waals surface area contributed by atoms with Gasteiger partial charge in [-0.1, -0.05) is 32.4 Å². The number of carbonyl (C=O) groups excluding carboxylic acids is 1. The van der Waals surface area contributed by atoms with Crippen molar-refractivity contribution in [2.75, 3.05) is 5.32 Å². The number of aryl methyl sites for hydroxylation is 3.